The molecule has 4 heteroatoms. The highest BCUT2D eigenvalue weighted by molar-refractivity contribution is 6.31. The van der Waals surface area contributed by atoms with Gasteiger partial charge < -0.3 is 11.1 Å². The topological polar surface area (TPSA) is 55.1 Å². The first-order valence-electron chi connectivity index (χ1n) is 4.42. The fraction of sp³-hybridized carbons (Fsp3) is 0.300. The molecule has 0 fully saturated rings. The van der Waals surface area contributed by atoms with E-state index in [2.05, 4.69) is 5.32 Å². The summed E-state index contributed by atoms with van der Waals surface area (Å²) in [4.78, 5) is 10.4. The fourth-order valence-electron chi connectivity index (χ4n) is 0.865. The second-order valence-electron chi connectivity index (χ2n) is 2.45. The van der Waals surface area contributed by atoms with Gasteiger partial charge in [0.05, 0.1) is 0 Å². The van der Waals surface area contributed by atoms with Crippen molar-refractivity contribution >= 4 is 23.3 Å². The van der Waals surface area contributed by atoms with Crippen LogP contribution < -0.4 is 11.1 Å². The number of hydrogen-bond donors (Lipinski definition) is 2. The lowest BCUT2D eigenvalue weighted by Crippen LogP contribution is -2.19. The second-order valence-corrected chi connectivity index (χ2v) is 2.86. The third-order valence-corrected chi connectivity index (χ3v) is 1.85. The molecule has 0 spiro atoms. The van der Waals surface area contributed by atoms with Crippen LogP contribution >= 0.6 is 11.6 Å². The van der Waals surface area contributed by atoms with E-state index in [9.17, 15) is 4.79 Å². The number of anilines is 1. The maximum absolute atomic E-state index is 10.4. The number of aryl methyl sites for hydroxylation is 1. The van der Waals surface area contributed by atoms with E-state index in [-0.39, 0.29) is 0 Å². The van der Waals surface area contributed by atoms with Crippen molar-refractivity contribution < 1.29 is 4.79 Å². The highest BCUT2D eigenvalue weighted by atomic mass is 35.5. The predicted octanol–water partition coefficient (Wildman–Crippen LogP) is 3.17. The van der Waals surface area contributed by atoms with Crippen LogP contribution in [0.4, 0.5) is 10.5 Å². The Morgan fingerprint density at radius 1 is 1.43 bits per heavy atom. The molecule has 14 heavy (non-hydrogen) atoms. The number of carbonyl (C=O) groups is 1. The molecule has 0 aliphatic rings. The number of benzene rings is 1. The van der Waals surface area contributed by atoms with Crippen LogP contribution in [0.5, 0.6) is 0 Å². The Kier molecular flexibility index (Phi) is 5.72. The molecular weight excluding hydrogens is 200 g/mol. The van der Waals surface area contributed by atoms with Crippen LogP contribution in [0.3, 0.4) is 0 Å². The molecule has 3 N–H and O–H groups in total. The first-order chi connectivity index (χ1) is 6.59. The first-order valence-corrected chi connectivity index (χ1v) is 4.80. The van der Waals surface area contributed by atoms with Gasteiger partial charge in [0.2, 0.25) is 0 Å². The Bertz CT molecular complexity index is 313. The number of primary amides is 1. The monoisotopic (exact) mass is 214 g/mol. The Morgan fingerprint density at radius 2 is 2.00 bits per heavy atom. The summed E-state index contributed by atoms with van der Waals surface area (Å²) in [6, 6.07) is 4.59. The van der Waals surface area contributed by atoms with Crippen LogP contribution in [0.2, 0.25) is 5.02 Å². The van der Waals surface area contributed by atoms with E-state index >= 15 is 0 Å². The molecule has 2 amide bonds. The van der Waals surface area contributed by atoms with E-state index in [0.29, 0.717) is 10.7 Å². The number of urea groups is 1. The smallest absolute Gasteiger partial charge is 0.316 e. The molecule has 0 saturated heterocycles. The summed E-state index contributed by atoms with van der Waals surface area (Å²) in [5, 5.41) is 3.12. The van der Waals surface area contributed by atoms with E-state index in [4.69, 9.17) is 17.3 Å². The van der Waals surface area contributed by atoms with Gasteiger partial charge in [-0.05, 0) is 30.7 Å². The van der Waals surface area contributed by atoms with E-state index in [1.165, 1.54) is 0 Å². The summed E-state index contributed by atoms with van der Waals surface area (Å²) in [5.41, 5.74) is 6.49. The molecule has 1 rings (SSSR count). The van der Waals surface area contributed by atoms with Crippen molar-refractivity contribution in [1.82, 2.24) is 0 Å². The van der Waals surface area contributed by atoms with E-state index in [1.807, 2.05) is 20.8 Å². The van der Waals surface area contributed by atoms with Crippen LogP contribution in [-0.4, -0.2) is 6.03 Å². The van der Waals surface area contributed by atoms with Crippen molar-refractivity contribution in [2.45, 2.75) is 20.8 Å². The van der Waals surface area contributed by atoms with Crippen molar-refractivity contribution in [2.24, 2.45) is 5.73 Å². The highest BCUT2D eigenvalue weighted by Gasteiger charge is 1.98. The Morgan fingerprint density at radius 3 is 2.43 bits per heavy atom. The molecule has 0 unspecified atom stereocenters. The number of nitrogens with two attached hydrogens (primary N) is 1. The van der Waals surface area contributed by atoms with E-state index < -0.39 is 6.03 Å². The maximum atomic E-state index is 10.4. The standard InChI is InChI=1S/C8H9ClN2O.C2H6/c1-5-4-6(11-8(10)12)2-3-7(5)9;1-2/h2-4H,1H3,(H3,10,11,12);1-2H3. The van der Waals surface area contributed by atoms with Crippen molar-refractivity contribution in [3.63, 3.8) is 0 Å². The molecule has 1 aromatic rings. The van der Waals surface area contributed by atoms with Crippen molar-refractivity contribution in [2.75, 3.05) is 5.32 Å². The second kappa shape index (κ2) is 6.27. The van der Waals surface area contributed by atoms with Crippen molar-refractivity contribution in [3.8, 4) is 0 Å². The van der Waals surface area contributed by atoms with Gasteiger partial charge in [0.15, 0.2) is 0 Å². The molecule has 3 nitrogen and oxygen atoms in total. The fourth-order valence-corrected chi connectivity index (χ4v) is 0.982. The molecule has 78 valence electrons. The van der Waals surface area contributed by atoms with Gasteiger partial charge in [0, 0.05) is 10.7 Å². The quantitative estimate of drug-likeness (QED) is 0.741. The van der Waals surface area contributed by atoms with E-state index in [1.54, 1.807) is 18.2 Å². The molecule has 0 aromatic heterocycles. The minimum absolute atomic E-state index is 0.572. The third-order valence-electron chi connectivity index (χ3n) is 1.43. The average molecular weight is 215 g/mol. The summed E-state index contributed by atoms with van der Waals surface area (Å²) in [6.07, 6.45) is 0. The van der Waals surface area contributed by atoms with Gasteiger partial charge in [0.25, 0.3) is 0 Å². The summed E-state index contributed by atoms with van der Waals surface area (Å²) >= 11 is 5.77. The van der Waals surface area contributed by atoms with Gasteiger partial charge in [-0.25, -0.2) is 4.79 Å². The number of carbonyl (C=O) groups excluding carboxylic acids is 1. The van der Waals surface area contributed by atoms with Crippen LogP contribution in [0, 0.1) is 6.92 Å². The van der Waals surface area contributed by atoms with Gasteiger partial charge in [-0.15, -0.1) is 0 Å². The largest absolute Gasteiger partial charge is 0.351 e. The lowest BCUT2D eigenvalue weighted by atomic mass is 10.2. The molecule has 0 bridgehead atoms. The van der Waals surface area contributed by atoms with Gasteiger partial charge in [-0.2, -0.15) is 0 Å². The minimum atomic E-state index is -0.572. The zero-order valence-electron chi connectivity index (χ0n) is 8.60. The lowest BCUT2D eigenvalue weighted by molar-refractivity contribution is 0.259. The maximum Gasteiger partial charge on any atom is 0.316 e. The Labute approximate surface area is 89.3 Å². The van der Waals surface area contributed by atoms with E-state index in [0.717, 1.165) is 5.56 Å². The summed E-state index contributed by atoms with van der Waals surface area (Å²) in [7, 11) is 0. The zero-order valence-corrected chi connectivity index (χ0v) is 9.35. The molecule has 0 aliphatic carbocycles. The van der Waals surface area contributed by atoms with Crippen LogP contribution in [0.25, 0.3) is 0 Å². The first kappa shape index (κ1) is 12.8. The van der Waals surface area contributed by atoms with Gasteiger partial charge in [0.1, 0.15) is 0 Å². The average Bonchev–Trinajstić information content (AvgIpc) is 2.14. The molecule has 0 saturated carbocycles. The molecule has 0 radical (unpaired) electrons. The normalized spacial score (nSPS) is 8.57. The highest BCUT2D eigenvalue weighted by Crippen LogP contribution is 2.18. The van der Waals surface area contributed by atoms with Crippen LogP contribution in [0.15, 0.2) is 18.2 Å². The zero-order chi connectivity index (χ0) is 11.1. The molecule has 1 aromatic carbocycles. The molecular formula is C10H15ClN2O. The van der Waals surface area contributed by atoms with Gasteiger partial charge in [-0.3, -0.25) is 0 Å². The van der Waals surface area contributed by atoms with Crippen molar-refractivity contribution in [1.29, 1.82) is 0 Å². The van der Waals surface area contributed by atoms with Crippen LogP contribution in [0.1, 0.15) is 19.4 Å². The third kappa shape index (κ3) is 4.14. The summed E-state index contributed by atoms with van der Waals surface area (Å²) < 4.78 is 0. The number of nitrogens with one attached hydrogen (secondary N) is 1. The van der Waals surface area contributed by atoms with Crippen molar-refractivity contribution in [3.05, 3.63) is 28.8 Å². The Hall–Kier alpha value is -1.22. The predicted molar refractivity (Wildman–Crippen MR) is 60.7 cm³/mol. The van der Waals surface area contributed by atoms with Gasteiger partial charge in [-0.1, -0.05) is 25.4 Å². The number of rotatable bonds is 1. The molecule has 0 heterocycles. The Balaban J connectivity index is 0.000000791. The number of halogens is 1. The summed E-state index contributed by atoms with van der Waals surface area (Å²) in [5.74, 6) is 0. The van der Waals surface area contributed by atoms with Crippen LogP contribution in [-0.2, 0) is 0 Å². The van der Waals surface area contributed by atoms with Gasteiger partial charge >= 0.3 is 6.03 Å². The SMILES string of the molecule is CC.Cc1cc(NC(N)=O)ccc1Cl. The lowest BCUT2D eigenvalue weighted by Gasteiger charge is -2.03. The molecule has 0 aliphatic heterocycles. The number of amides is 2. The minimum Gasteiger partial charge on any atom is -0.351 e. The number of hydrogen-bond acceptors (Lipinski definition) is 1. The summed E-state index contributed by atoms with van der Waals surface area (Å²) in [6.45, 7) is 5.86. The molecule has 0 atom stereocenters.